The summed E-state index contributed by atoms with van der Waals surface area (Å²) >= 11 is 1.28. The number of carbonyl (C=O) groups is 2. The van der Waals surface area contributed by atoms with Gasteiger partial charge in [-0.15, -0.1) is 10.2 Å². The third-order valence-corrected chi connectivity index (χ3v) is 4.93. The van der Waals surface area contributed by atoms with Crippen LogP contribution >= 0.6 is 11.8 Å². The maximum absolute atomic E-state index is 12.5. The predicted molar refractivity (Wildman–Crippen MR) is 99.1 cm³/mol. The largest absolute Gasteiger partial charge is 0.461 e. The van der Waals surface area contributed by atoms with Gasteiger partial charge in [-0.25, -0.2) is 0 Å². The number of nitrogens with zero attached hydrogens (tertiary/aromatic N) is 3. The van der Waals surface area contributed by atoms with Gasteiger partial charge < -0.3 is 14.3 Å². The number of aromatic nitrogens is 3. The summed E-state index contributed by atoms with van der Waals surface area (Å²) in [4.78, 5) is 24.2. The summed E-state index contributed by atoms with van der Waals surface area (Å²) in [5.74, 6) is 0.884. The van der Waals surface area contributed by atoms with Crippen LogP contribution in [0.15, 0.2) is 52.2 Å². The van der Waals surface area contributed by atoms with Gasteiger partial charge in [0, 0.05) is 12.6 Å². The third kappa shape index (κ3) is 3.70. The molecule has 3 aromatic rings. The Hall–Kier alpha value is -2.87. The Bertz CT molecular complexity index is 934. The molecular formula is C18H18N4O3S. The van der Waals surface area contributed by atoms with Gasteiger partial charge >= 0.3 is 0 Å². The van der Waals surface area contributed by atoms with E-state index in [0.29, 0.717) is 28.0 Å². The van der Waals surface area contributed by atoms with Crippen LogP contribution < -0.4 is 5.32 Å². The van der Waals surface area contributed by atoms with E-state index in [9.17, 15) is 9.59 Å². The van der Waals surface area contributed by atoms with Crippen LogP contribution in [0.1, 0.15) is 24.2 Å². The maximum atomic E-state index is 12.5. The van der Waals surface area contributed by atoms with Gasteiger partial charge in [0.25, 0.3) is 0 Å². The lowest BCUT2D eigenvalue weighted by Gasteiger charge is -2.13. The summed E-state index contributed by atoms with van der Waals surface area (Å²) in [5, 5.41) is 11.2. The van der Waals surface area contributed by atoms with E-state index in [2.05, 4.69) is 15.5 Å². The molecule has 7 nitrogen and oxygen atoms in total. The number of rotatable bonds is 6. The predicted octanol–water partition coefficient (Wildman–Crippen LogP) is 3.40. The molecule has 0 spiro atoms. The maximum Gasteiger partial charge on any atom is 0.237 e. The van der Waals surface area contributed by atoms with Crippen molar-refractivity contribution in [3.63, 3.8) is 0 Å². The molecule has 1 N–H and O–H groups in total. The van der Waals surface area contributed by atoms with Gasteiger partial charge in [0.2, 0.25) is 5.91 Å². The molecule has 1 atom stereocenters. The number of ketones is 1. The molecule has 134 valence electrons. The molecule has 1 aromatic carbocycles. The zero-order valence-corrected chi connectivity index (χ0v) is 15.4. The Balaban J connectivity index is 1.72. The number of thioether (sulfide) groups is 1. The first kappa shape index (κ1) is 17.9. The van der Waals surface area contributed by atoms with Gasteiger partial charge in [-0.1, -0.05) is 23.9 Å². The summed E-state index contributed by atoms with van der Waals surface area (Å²) in [7, 11) is 1.82. The van der Waals surface area contributed by atoms with Gasteiger partial charge in [0.05, 0.1) is 17.2 Å². The molecule has 0 radical (unpaired) electrons. The molecule has 1 unspecified atom stereocenters. The molecule has 0 saturated carbocycles. The highest BCUT2D eigenvalue weighted by Crippen LogP contribution is 2.27. The minimum Gasteiger partial charge on any atom is -0.461 e. The molecule has 1 amide bonds. The van der Waals surface area contributed by atoms with Gasteiger partial charge in [-0.3, -0.25) is 9.59 Å². The molecule has 0 bridgehead atoms. The van der Waals surface area contributed by atoms with Crippen LogP contribution in [0, 0.1) is 0 Å². The average molecular weight is 370 g/mol. The fourth-order valence-corrected chi connectivity index (χ4v) is 3.20. The molecular weight excluding hydrogens is 352 g/mol. The lowest BCUT2D eigenvalue weighted by molar-refractivity contribution is -0.115. The van der Waals surface area contributed by atoms with Gasteiger partial charge in [0.1, 0.15) is 0 Å². The van der Waals surface area contributed by atoms with Crippen molar-refractivity contribution >= 4 is 29.1 Å². The van der Waals surface area contributed by atoms with E-state index in [1.807, 2.05) is 7.05 Å². The second kappa shape index (κ2) is 7.57. The van der Waals surface area contributed by atoms with Crippen molar-refractivity contribution in [1.29, 1.82) is 0 Å². The van der Waals surface area contributed by atoms with Crippen molar-refractivity contribution in [2.24, 2.45) is 7.05 Å². The zero-order valence-electron chi connectivity index (χ0n) is 14.6. The van der Waals surface area contributed by atoms with E-state index in [0.717, 1.165) is 0 Å². The van der Waals surface area contributed by atoms with Crippen LogP contribution in [-0.2, 0) is 11.8 Å². The molecule has 2 heterocycles. The first-order valence-corrected chi connectivity index (χ1v) is 8.86. The Morgan fingerprint density at radius 1 is 1.19 bits per heavy atom. The van der Waals surface area contributed by atoms with Crippen LogP contribution in [0.25, 0.3) is 11.6 Å². The van der Waals surface area contributed by atoms with E-state index in [-0.39, 0.29) is 11.7 Å². The summed E-state index contributed by atoms with van der Waals surface area (Å²) in [6.07, 6.45) is 1.57. The lowest BCUT2D eigenvalue weighted by atomic mass is 10.1. The van der Waals surface area contributed by atoms with Crippen LogP contribution in [0.5, 0.6) is 0 Å². The number of amides is 1. The van der Waals surface area contributed by atoms with Gasteiger partial charge in [-0.05, 0) is 38.1 Å². The van der Waals surface area contributed by atoms with Crippen LogP contribution in [0.3, 0.4) is 0 Å². The summed E-state index contributed by atoms with van der Waals surface area (Å²) in [5.41, 5.74) is 0.989. The fraction of sp³-hybridized carbons (Fsp3) is 0.222. The number of Topliss-reactive ketones (excluding diaryl/α,β-unsaturated/α-hetero) is 1. The molecule has 0 fully saturated rings. The van der Waals surface area contributed by atoms with Crippen LogP contribution in [0.2, 0.25) is 0 Å². The van der Waals surface area contributed by atoms with Crippen LogP contribution in [-0.4, -0.2) is 31.7 Å². The minimum absolute atomic E-state index is 0.0994. The molecule has 2 aromatic heterocycles. The normalized spacial score (nSPS) is 12.0. The monoisotopic (exact) mass is 370 g/mol. The molecule has 8 heteroatoms. The van der Waals surface area contributed by atoms with E-state index in [4.69, 9.17) is 4.42 Å². The Morgan fingerprint density at radius 3 is 2.65 bits per heavy atom. The van der Waals surface area contributed by atoms with E-state index >= 15 is 0 Å². The molecule has 0 aliphatic rings. The van der Waals surface area contributed by atoms with E-state index in [1.54, 1.807) is 54.2 Å². The molecule has 0 aliphatic carbocycles. The molecule has 3 rings (SSSR count). The highest BCUT2D eigenvalue weighted by atomic mass is 32.2. The first-order chi connectivity index (χ1) is 12.5. The second-order valence-corrected chi connectivity index (χ2v) is 7.00. The fourth-order valence-electron chi connectivity index (χ4n) is 2.38. The quantitative estimate of drug-likeness (QED) is 0.528. The number of hydrogen-bond donors (Lipinski definition) is 1. The zero-order chi connectivity index (χ0) is 18.7. The number of para-hydroxylation sites is 1. The highest BCUT2D eigenvalue weighted by molar-refractivity contribution is 8.00. The van der Waals surface area contributed by atoms with Crippen molar-refractivity contribution < 1.29 is 14.0 Å². The van der Waals surface area contributed by atoms with Crippen molar-refractivity contribution in [3.8, 4) is 11.6 Å². The van der Waals surface area contributed by atoms with Gasteiger partial charge in [-0.2, -0.15) is 0 Å². The standard InChI is InChI=1S/C18H18N4O3S/c1-11(23)13-7-4-5-8-14(13)19-17(24)12(2)26-18-21-20-16(22(18)3)15-9-6-10-25-15/h4-10,12H,1-3H3,(H,19,24). The van der Waals surface area contributed by atoms with E-state index in [1.165, 1.54) is 18.7 Å². The van der Waals surface area contributed by atoms with Crippen molar-refractivity contribution in [2.75, 3.05) is 5.32 Å². The van der Waals surface area contributed by atoms with Gasteiger partial charge in [0.15, 0.2) is 22.5 Å². The number of hydrogen-bond acceptors (Lipinski definition) is 6. The SMILES string of the molecule is CC(=O)c1ccccc1NC(=O)C(C)Sc1nnc(-c2ccco2)n1C. The average Bonchev–Trinajstić information content (AvgIpc) is 3.25. The first-order valence-electron chi connectivity index (χ1n) is 7.98. The van der Waals surface area contributed by atoms with Crippen molar-refractivity contribution in [3.05, 3.63) is 48.2 Å². The Kier molecular flexibility index (Phi) is 5.22. The molecule has 0 saturated heterocycles. The highest BCUT2D eigenvalue weighted by Gasteiger charge is 2.21. The number of anilines is 1. The smallest absolute Gasteiger partial charge is 0.237 e. The molecule has 0 aliphatic heterocycles. The molecule has 26 heavy (non-hydrogen) atoms. The Morgan fingerprint density at radius 2 is 1.96 bits per heavy atom. The number of furan rings is 1. The Labute approximate surface area is 154 Å². The van der Waals surface area contributed by atoms with Crippen LogP contribution in [0.4, 0.5) is 5.69 Å². The van der Waals surface area contributed by atoms with E-state index < -0.39 is 5.25 Å². The number of carbonyl (C=O) groups excluding carboxylic acids is 2. The van der Waals surface area contributed by atoms with Crippen molar-refractivity contribution in [2.45, 2.75) is 24.3 Å². The minimum atomic E-state index is -0.428. The summed E-state index contributed by atoms with van der Waals surface area (Å²) in [6.45, 7) is 3.25. The third-order valence-electron chi connectivity index (χ3n) is 3.79. The summed E-state index contributed by atoms with van der Waals surface area (Å²) < 4.78 is 7.11. The second-order valence-electron chi connectivity index (χ2n) is 5.69. The lowest BCUT2D eigenvalue weighted by Crippen LogP contribution is -2.23. The topological polar surface area (TPSA) is 90.0 Å². The number of nitrogens with one attached hydrogen (secondary N) is 1. The number of benzene rings is 1. The summed E-state index contributed by atoms with van der Waals surface area (Å²) in [6, 6.07) is 10.5. The van der Waals surface area contributed by atoms with Crippen molar-refractivity contribution in [1.82, 2.24) is 14.8 Å².